The van der Waals surface area contributed by atoms with Gasteiger partial charge in [-0.15, -0.1) is 0 Å². The topological polar surface area (TPSA) is 66.0 Å². The lowest BCUT2D eigenvalue weighted by molar-refractivity contribution is -0.128. The second kappa shape index (κ2) is 9.56. The maximum absolute atomic E-state index is 12.5. The van der Waals surface area contributed by atoms with Crippen LogP contribution in [0.15, 0.2) is 42.5 Å². The van der Waals surface area contributed by atoms with Crippen molar-refractivity contribution in [1.29, 1.82) is 0 Å². The number of hydrogen-bond acceptors (Lipinski definition) is 5. The van der Waals surface area contributed by atoms with E-state index in [9.17, 15) is 4.79 Å². The summed E-state index contributed by atoms with van der Waals surface area (Å²) >= 11 is 0. The molecule has 1 atom stereocenters. The maximum Gasteiger partial charge on any atom is 0.261 e. The minimum Gasteiger partial charge on any atom is -0.493 e. The molecule has 0 aliphatic heterocycles. The molecule has 0 saturated heterocycles. The molecular formula is C20H25NO5. The van der Waals surface area contributed by atoms with Crippen molar-refractivity contribution >= 4 is 5.91 Å². The third-order valence-corrected chi connectivity index (χ3v) is 3.92. The molecular weight excluding hydrogens is 334 g/mol. The van der Waals surface area contributed by atoms with E-state index in [0.29, 0.717) is 36.0 Å². The van der Waals surface area contributed by atoms with E-state index in [0.717, 1.165) is 5.56 Å². The van der Waals surface area contributed by atoms with Gasteiger partial charge in [-0.25, -0.2) is 0 Å². The Morgan fingerprint density at radius 1 is 0.923 bits per heavy atom. The second-order valence-electron chi connectivity index (χ2n) is 5.57. The average molecular weight is 359 g/mol. The van der Waals surface area contributed by atoms with E-state index in [1.807, 2.05) is 37.3 Å². The molecule has 2 aromatic carbocycles. The molecule has 0 radical (unpaired) electrons. The highest BCUT2D eigenvalue weighted by molar-refractivity contribution is 5.81. The quantitative estimate of drug-likeness (QED) is 0.745. The second-order valence-corrected chi connectivity index (χ2v) is 5.57. The van der Waals surface area contributed by atoms with Gasteiger partial charge in [-0.1, -0.05) is 25.1 Å². The van der Waals surface area contributed by atoms with Gasteiger partial charge in [0.25, 0.3) is 5.91 Å². The lowest BCUT2D eigenvalue weighted by Gasteiger charge is -2.19. The number of para-hydroxylation sites is 2. The van der Waals surface area contributed by atoms with Crippen LogP contribution < -0.4 is 24.3 Å². The molecule has 6 nitrogen and oxygen atoms in total. The highest BCUT2D eigenvalue weighted by Gasteiger charge is 2.20. The van der Waals surface area contributed by atoms with E-state index in [1.165, 1.54) is 0 Å². The van der Waals surface area contributed by atoms with Gasteiger partial charge in [0.1, 0.15) is 0 Å². The van der Waals surface area contributed by atoms with E-state index < -0.39 is 6.10 Å². The molecule has 2 rings (SSSR count). The maximum atomic E-state index is 12.5. The summed E-state index contributed by atoms with van der Waals surface area (Å²) in [4.78, 5) is 12.5. The summed E-state index contributed by atoms with van der Waals surface area (Å²) in [5.74, 6) is 2.22. The van der Waals surface area contributed by atoms with E-state index in [-0.39, 0.29) is 5.91 Å². The Bertz CT molecular complexity index is 732. The molecule has 2 aromatic rings. The van der Waals surface area contributed by atoms with Crippen molar-refractivity contribution in [1.82, 2.24) is 5.32 Å². The highest BCUT2D eigenvalue weighted by atomic mass is 16.5. The molecule has 0 fully saturated rings. The lowest BCUT2D eigenvalue weighted by atomic mass is 10.2. The normalized spacial score (nSPS) is 11.4. The Labute approximate surface area is 154 Å². The summed E-state index contributed by atoms with van der Waals surface area (Å²) in [6, 6.07) is 12.8. The fraction of sp³-hybridized carbons (Fsp3) is 0.350. The predicted molar refractivity (Wildman–Crippen MR) is 99.1 cm³/mol. The van der Waals surface area contributed by atoms with Crippen molar-refractivity contribution < 1.29 is 23.7 Å². The predicted octanol–water partition coefficient (Wildman–Crippen LogP) is 3.19. The number of carbonyl (C=O) groups is 1. The van der Waals surface area contributed by atoms with Crippen LogP contribution in [0.5, 0.6) is 23.0 Å². The van der Waals surface area contributed by atoms with Gasteiger partial charge in [0.2, 0.25) is 0 Å². The molecule has 0 aromatic heterocycles. The molecule has 1 amide bonds. The number of methoxy groups -OCH3 is 3. The zero-order chi connectivity index (χ0) is 18.9. The van der Waals surface area contributed by atoms with Gasteiger partial charge in [-0.2, -0.15) is 0 Å². The molecule has 0 saturated carbocycles. The van der Waals surface area contributed by atoms with E-state index in [2.05, 4.69) is 5.32 Å². The van der Waals surface area contributed by atoms with Crippen LogP contribution in [0, 0.1) is 0 Å². The van der Waals surface area contributed by atoms with Crippen LogP contribution in [0.1, 0.15) is 18.9 Å². The van der Waals surface area contributed by atoms with Crippen molar-refractivity contribution in [3.8, 4) is 23.0 Å². The Balaban J connectivity index is 2.01. The Morgan fingerprint density at radius 2 is 1.54 bits per heavy atom. The van der Waals surface area contributed by atoms with Crippen molar-refractivity contribution in [2.45, 2.75) is 26.0 Å². The molecule has 0 aliphatic rings. The summed E-state index contributed by atoms with van der Waals surface area (Å²) in [6.07, 6.45) is -0.0676. The number of carbonyl (C=O) groups excluding carboxylic acids is 1. The molecule has 6 heteroatoms. The first kappa shape index (κ1) is 19.4. The number of nitrogens with one attached hydrogen (secondary N) is 1. The standard InChI is InChI=1S/C20H25NO5/c1-5-15(26-18-9-7-6-8-16(18)23-2)20(22)21-13-14-10-11-17(24-3)19(12-14)25-4/h6-12,15H,5,13H2,1-4H3,(H,21,22)/t15-/m0/s1. The molecule has 26 heavy (non-hydrogen) atoms. The summed E-state index contributed by atoms with van der Waals surface area (Å²) < 4.78 is 21.6. The number of rotatable bonds is 9. The highest BCUT2D eigenvalue weighted by Crippen LogP contribution is 2.28. The number of benzene rings is 2. The Morgan fingerprint density at radius 3 is 2.15 bits per heavy atom. The van der Waals surface area contributed by atoms with E-state index in [4.69, 9.17) is 18.9 Å². The smallest absolute Gasteiger partial charge is 0.261 e. The Kier molecular flexibility index (Phi) is 7.14. The fourth-order valence-electron chi connectivity index (χ4n) is 2.49. The zero-order valence-electron chi connectivity index (χ0n) is 15.6. The van der Waals surface area contributed by atoms with Gasteiger partial charge < -0.3 is 24.3 Å². The van der Waals surface area contributed by atoms with Crippen molar-refractivity contribution in [2.24, 2.45) is 0 Å². The van der Waals surface area contributed by atoms with Crippen LogP contribution in [-0.4, -0.2) is 33.3 Å². The SMILES string of the molecule is CC[C@H](Oc1ccccc1OC)C(=O)NCc1ccc(OC)c(OC)c1. The first-order valence-corrected chi connectivity index (χ1v) is 8.41. The first-order chi connectivity index (χ1) is 12.6. The number of hydrogen-bond donors (Lipinski definition) is 1. The fourth-order valence-corrected chi connectivity index (χ4v) is 2.49. The van der Waals surface area contributed by atoms with Crippen molar-refractivity contribution in [3.05, 3.63) is 48.0 Å². The molecule has 0 spiro atoms. The van der Waals surface area contributed by atoms with Crippen molar-refractivity contribution in [3.63, 3.8) is 0 Å². The van der Waals surface area contributed by atoms with Crippen LogP contribution in [-0.2, 0) is 11.3 Å². The van der Waals surface area contributed by atoms with Gasteiger partial charge in [0, 0.05) is 6.54 Å². The van der Waals surface area contributed by atoms with Crippen LogP contribution in [0.25, 0.3) is 0 Å². The molecule has 0 heterocycles. The number of amides is 1. The largest absolute Gasteiger partial charge is 0.493 e. The summed E-state index contributed by atoms with van der Waals surface area (Å²) in [5, 5.41) is 2.90. The molecule has 0 unspecified atom stereocenters. The monoisotopic (exact) mass is 359 g/mol. The van der Waals surface area contributed by atoms with Crippen LogP contribution in [0.3, 0.4) is 0 Å². The van der Waals surface area contributed by atoms with Crippen LogP contribution >= 0.6 is 0 Å². The summed E-state index contributed by atoms with van der Waals surface area (Å²) in [5.41, 5.74) is 0.906. The van der Waals surface area contributed by atoms with Crippen molar-refractivity contribution in [2.75, 3.05) is 21.3 Å². The third-order valence-electron chi connectivity index (χ3n) is 3.92. The van der Waals surface area contributed by atoms with Gasteiger partial charge in [0.15, 0.2) is 29.1 Å². The molecule has 140 valence electrons. The van der Waals surface area contributed by atoms with Crippen LogP contribution in [0.4, 0.5) is 0 Å². The third kappa shape index (κ3) is 4.81. The average Bonchev–Trinajstić information content (AvgIpc) is 2.70. The van der Waals surface area contributed by atoms with Crippen LogP contribution in [0.2, 0.25) is 0 Å². The minimum absolute atomic E-state index is 0.187. The molecule has 0 bridgehead atoms. The molecule has 1 N–H and O–H groups in total. The summed E-state index contributed by atoms with van der Waals surface area (Å²) in [7, 11) is 4.73. The van der Waals surface area contributed by atoms with Gasteiger partial charge in [0.05, 0.1) is 21.3 Å². The summed E-state index contributed by atoms with van der Waals surface area (Å²) in [6.45, 7) is 2.26. The van der Waals surface area contributed by atoms with Gasteiger partial charge in [-0.05, 0) is 36.2 Å². The Hall–Kier alpha value is -2.89. The molecule has 0 aliphatic carbocycles. The number of ether oxygens (including phenoxy) is 4. The van der Waals surface area contributed by atoms with Gasteiger partial charge >= 0.3 is 0 Å². The lowest BCUT2D eigenvalue weighted by Crippen LogP contribution is -2.37. The van der Waals surface area contributed by atoms with E-state index in [1.54, 1.807) is 33.5 Å². The minimum atomic E-state index is -0.605. The van der Waals surface area contributed by atoms with E-state index >= 15 is 0 Å². The van der Waals surface area contributed by atoms with Gasteiger partial charge in [-0.3, -0.25) is 4.79 Å². The first-order valence-electron chi connectivity index (χ1n) is 8.41. The zero-order valence-corrected chi connectivity index (χ0v) is 15.6.